The molecular weight excluding hydrogens is 414 g/mol. The molecule has 0 bridgehead atoms. The summed E-state index contributed by atoms with van der Waals surface area (Å²) in [4.78, 5) is 40.4. The van der Waals surface area contributed by atoms with Gasteiger partial charge < -0.3 is 21.0 Å². The fourth-order valence-electron chi connectivity index (χ4n) is 2.95. The summed E-state index contributed by atoms with van der Waals surface area (Å²) in [6.07, 6.45) is 1.68. The van der Waals surface area contributed by atoms with Crippen LogP contribution in [0.2, 0.25) is 0 Å². The topological polar surface area (TPSA) is 137 Å². The molecule has 3 aromatic rings. The number of nitrogens with one attached hydrogen (secondary N) is 1. The number of carbonyl (C=O) groups excluding carboxylic acids is 2. The molecule has 4 N–H and O–H groups in total. The molecule has 0 aliphatic rings. The maximum absolute atomic E-state index is 13.8. The number of aromatic nitrogens is 2. The summed E-state index contributed by atoms with van der Waals surface area (Å²) < 4.78 is 31.5. The Balaban J connectivity index is 1.94. The Morgan fingerprint density at radius 2 is 2.03 bits per heavy atom. The van der Waals surface area contributed by atoms with Gasteiger partial charge in [-0.2, -0.15) is 0 Å². The van der Waals surface area contributed by atoms with Crippen LogP contribution in [0.25, 0.3) is 11.0 Å². The number of carbonyl (C=O) groups is 2. The molecule has 0 saturated carbocycles. The number of anilines is 1. The van der Waals surface area contributed by atoms with Crippen LogP contribution in [0.4, 0.5) is 14.5 Å². The number of aryl methyl sites for hydroxylation is 1. The predicted octanol–water partition coefficient (Wildman–Crippen LogP) is 1.53. The van der Waals surface area contributed by atoms with E-state index in [1.54, 1.807) is 0 Å². The number of nitrogen functional groups attached to an aromatic ring is 1. The molecule has 2 aromatic heterocycles. The summed E-state index contributed by atoms with van der Waals surface area (Å²) in [5.41, 5.74) is 4.47. The second-order valence-corrected chi connectivity index (χ2v) is 6.61. The molecule has 0 spiro atoms. The molecule has 0 unspecified atom stereocenters. The van der Waals surface area contributed by atoms with E-state index in [4.69, 9.17) is 5.73 Å². The quantitative estimate of drug-likeness (QED) is 0.397. The fraction of sp³-hybridized carbons (Fsp3) is 0.200. The van der Waals surface area contributed by atoms with Crippen LogP contribution >= 0.6 is 0 Å². The molecular formula is C20H18F2N4O5. The van der Waals surface area contributed by atoms with E-state index in [-0.39, 0.29) is 46.4 Å². The summed E-state index contributed by atoms with van der Waals surface area (Å²) in [6.45, 7) is -0.343. The third kappa shape index (κ3) is 4.44. The Hall–Kier alpha value is -4.02. The molecule has 3 rings (SSSR count). The third-order valence-corrected chi connectivity index (χ3v) is 4.62. The number of rotatable bonds is 6. The number of halogens is 2. The monoisotopic (exact) mass is 432 g/mol. The van der Waals surface area contributed by atoms with Crippen molar-refractivity contribution in [1.29, 1.82) is 0 Å². The lowest BCUT2D eigenvalue weighted by Gasteiger charge is -2.12. The maximum atomic E-state index is 13.8. The zero-order chi connectivity index (χ0) is 22.7. The number of fused-ring (bicyclic) bond motifs is 1. The molecule has 0 atom stereocenters. The Bertz CT molecular complexity index is 1240. The lowest BCUT2D eigenvalue weighted by Crippen LogP contribution is -2.34. The molecule has 11 heteroatoms. The number of pyridine rings is 2. The molecule has 1 aromatic carbocycles. The van der Waals surface area contributed by atoms with Crippen molar-refractivity contribution in [2.75, 3.05) is 12.8 Å². The van der Waals surface area contributed by atoms with Crippen LogP contribution in [-0.4, -0.2) is 33.9 Å². The summed E-state index contributed by atoms with van der Waals surface area (Å²) >= 11 is 0. The van der Waals surface area contributed by atoms with Gasteiger partial charge in [0.25, 0.3) is 11.5 Å². The van der Waals surface area contributed by atoms with Crippen molar-refractivity contribution in [3.63, 3.8) is 0 Å². The number of benzene rings is 1. The van der Waals surface area contributed by atoms with Crippen molar-refractivity contribution in [1.82, 2.24) is 15.0 Å². The number of methoxy groups -OCH3 is 1. The summed E-state index contributed by atoms with van der Waals surface area (Å²) in [6, 6.07) is 4.32. The van der Waals surface area contributed by atoms with E-state index >= 15 is 0 Å². The molecule has 0 aliphatic carbocycles. The number of nitrogens with zero attached hydrogens (tertiary/aromatic N) is 2. The van der Waals surface area contributed by atoms with Gasteiger partial charge in [-0.15, -0.1) is 4.73 Å². The van der Waals surface area contributed by atoms with Crippen molar-refractivity contribution in [3.05, 3.63) is 69.1 Å². The van der Waals surface area contributed by atoms with Gasteiger partial charge in [-0.1, -0.05) is 6.07 Å². The van der Waals surface area contributed by atoms with E-state index in [1.807, 2.05) is 0 Å². The van der Waals surface area contributed by atoms with Crippen molar-refractivity contribution in [2.24, 2.45) is 0 Å². The molecule has 162 valence electrons. The van der Waals surface area contributed by atoms with Crippen LogP contribution < -0.4 is 16.6 Å². The van der Waals surface area contributed by atoms with Crippen molar-refractivity contribution in [3.8, 4) is 0 Å². The van der Waals surface area contributed by atoms with Crippen molar-refractivity contribution < 1.29 is 28.3 Å². The van der Waals surface area contributed by atoms with E-state index in [9.17, 15) is 28.4 Å². The number of nitrogens with two attached hydrogens (primary N) is 1. The Kier molecular flexibility index (Phi) is 6.14. The molecule has 0 fully saturated rings. The SMILES string of the molecule is COC(=O)CCc1cnc2c(c1)c(N)c(C(=O)NCc1ccc(F)cc1F)c(=O)n2O. The first-order valence-corrected chi connectivity index (χ1v) is 9.04. The summed E-state index contributed by atoms with van der Waals surface area (Å²) in [5.74, 6) is -3.04. The minimum atomic E-state index is -1.11. The van der Waals surface area contributed by atoms with Crippen LogP contribution in [0.1, 0.15) is 27.9 Å². The van der Waals surface area contributed by atoms with E-state index < -0.39 is 34.6 Å². The highest BCUT2D eigenvalue weighted by molar-refractivity contribution is 6.05. The Morgan fingerprint density at radius 3 is 2.71 bits per heavy atom. The second kappa shape index (κ2) is 8.78. The summed E-state index contributed by atoms with van der Waals surface area (Å²) in [5, 5.41) is 12.6. The van der Waals surface area contributed by atoms with Gasteiger partial charge in [0.05, 0.1) is 12.8 Å². The van der Waals surface area contributed by atoms with E-state index in [2.05, 4.69) is 15.0 Å². The smallest absolute Gasteiger partial charge is 0.305 e. The van der Waals surface area contributed by atoms with Gasteiger partial charge in [0.15, 0.2) is 5.65 Å². The van der Waals surface area contributed by atoms with Crippen molar-refractivity contribution >= 4 is 28.6 Å². The number of hydrogen-bond donors (Lipinski definition) is 3. The number of hydrogen-bond acceptors (Lipinski definition) is 7. The lowest BCUT2D eigenvalue weighted by molar-refractivity contribution is -0.140. The first-order valence-electron chi connectivity index (χ1n) is 9.04. The maximum Gasteiger partial charge on any atom is 0.305 e. The van der Waals surface area contributed by atoms with Crippen LogP contribution in [0.3, 0.4) is 0 Å². The van der Waals surface area contributed by atoms with E-state index in [0.29, 0.717) is 11.6 Å². The normalized spacial score (nSPS) is 10.8. The third-order valence-electron chi connectivity index (χ3n) is 4.62. The number of ether oxygens (including phenoxy) is 1. The van der Waals surface area contributed by atoms with Crippen molar-refractivity contribution in [2.45, 2.75) is 19.4 Å². The summed E-state index contributed by atoms with van der Waals surface area (Å²) in [7, 11) is 1.26. The standard InChI is InChI=1S/C20H18F2N4O5/c1-31-15(27)5-2-10-6-13-17(23)16(20(29)26(30)18(13)24-8-10)19(28)25-9-11-3-4-12(21)7-14(11)22/h3-4,6-8,30H,2,5,9,23H2,1H3,(H,25,28). The Labute approximate surface area is 174 Å². The average molecular weight is 432 g/mol. The van der Waals surface area contributed by atoms with E-state index in [0.717, 1.165) is 12.1 Å². The van der Waals surface area contributed by atoms with Crippen LogP contribution in [0.5, 0.6) is 0 Å². The first-order chi connectivity index (χ1) is 14.7. The highest BCUT2D eigenvalue weighted by Gasteiger charge is 2.22. The minimum Gasteiger partial charge on any atom is -0.469 e. The second-order valence-electron chi connectivity index (χ2n) is 6.61. The Morgan fingerprint density at radius 1 is 1.29 bits per heavy atom. The van der Waals surface area contributed by atoms with Gasteiger partial charge in [-0.25, -0.2) is 13.8 Å². The largest absolute Gasteiger partial charge is 0.469 e. The lowest BCUT2D eigenvalue weighted by atomic mass is 10.1. The van der Waals surface area contributed by atoms with Gasteiger partial charge in [0.2, 0.25) is 0 Å². The van der Waals surface area contributed by atoms with Crippen LogP contribution in [0, 0.1) is 11.6 Å². The number of esters is 1. The molecule has 0 aliphatic heterocycles. The molecule has 9 nitrogen and oxygen atoms in total. The minimum absolute atomic E-state index is 0.00908. The fourth-order valence-corrected chi connectivity index (χ4v) is 2.95. The molecule has 31 heavy (non-hydrogen) atoms. The highest BCUT2D eigenvalue weighted by Crippen LogP contribution is 2.22. The molecule has 1 amide bonds. The highest BCUT2D eigenvalue weighted by atomic mass is 19.1. The zero-order valence-corrected chi connectivity index (χ0v) is 16.3. The van der Waals surface area contributed by atoms with Gasteiger partial charge in [0.1, 0.15) is 17.2 Å². The average Bonchev–Trinajstić information content (AvgIpc) is 2.75. The zero-order valence-electron chi connectivity index (χ0n) is 16.3. The predicted molar refractivity (Wildman–Crippen MR) is 105 cm³/mol. The van der Waals surface area contributed by atoms with Gasteiger partial charge in [-0.05, 0) is 24.1 Å². The molecule has 0 radical (unpaired) electrons. The van der Waals surface area contributed by atoms with Crippen LogP contribution in [-0.2, 0) is 22.5 Å². The van der Waals surface area contributed by atoms with Crippen LogP contribution in [0.15, 0.2) is 35.3 Å². The van der Waals surface area contributed by atoms with Gasteiger partial charge in [0, 0.05) is 36.2 Å². The van der Waals surface area contributed by atoms with Gasteiger partial charge >= 0.3 is 5.97 Å². The number of amides is 1. The molecule has 0 saturated heterocycles. The molecule has 2 heterocycles. The van der Waals surface area contributed by atoms with E-state index in [1.165, 1.54) is 19.4 Å². The first kappa shape index (κ1) is 21.7. The van der Waals surface area contributed by atoms with Gasteiger partial charge in [-0.3, -0.25) is 14.4 Å².